The van der Waals surface area contributed by atoms with Crippen molar-refractivity contribution in [3.8, 4) is 0 Å². The van der Waals surface area contributed by atoms with Crippen LogP contribution in [0.5, 0.6) is 0 Å². The second kappa shape index (κ2) is 5.69. The number of carbonyl (C=O) groups is 2. The molecule has 2 aromatic rings. The molecule has 3 rings (SSSR count). The molecule has 22 heavy (non-hydrogen) atoms. The average Bonchev–Trinajstić information content (AvgIpc) is 2.73. The Balaban J connectivity index is 1.72. The van der Waals surface area contributed by atoms with Crippen LogP contribution in [0.15, 0.2) is 48.5 Å². The van der Waals surface area contributed by atoms with Crippen LogP contribution in [0, 0.1) is 5.82 Å². The number of carbonyl (C=O) groups excluding carboxylic acids is 2. The number of nitrogens with one attached hydrogen (secondary N) is 1. The Kier molecular flexibility index (Phi) is 3.73. The van der Waals surface area contributed by atoms with Crippen LogP contribution in [0.1, 0.15) is 26.3 Å². The van der Waals surface area contributed by atoms with Gasteiger partial charge < -0.3 is 4.90 Å². The molecule has 0 aromatic heterocycles. The van der Waals surface area contributed by atoms with Gasteiger partial charge in [0.2, 0.25) is 0 Å². The summed E-state index contributed by atoms with van der Waals surface area (Å²) < 4.78 is 13.2. The molecule has 5 heteroatoms. The molecular formula is C17H16FN2O2+. The molecule has 1 atom stereocenters. The van der Waals surface area contributed by atoms with Gasteiger partial charge in [-0.05, 0) is 24.3 Å². The van der Waals surface area contributed by atoms with Crippen molar-refractivity contribution in [1.82, 2.24) is 4.90 Å². The number of hydrogen-bond acceptors (Lipinski definition) is 2. The molecule has 112 valence electrons. The maximum atomic E-state index is 13.2. The first kappa shape index (κ1) is 14.4. The molecule has 0 aliphatic carbocycles. The summed E-state index contributed by atoms with van der Waals surface area (Å²) in [6.07, 6.45) is 0. The van der Waals surface area contributed by atoms with Crippen molar-refractivity contribution >= 4 is 11.8 Å². The molecule has 2 aromatic carbocycles. The Labute approximate surface area is 127 Å². The van der Waals surface area contributed by atoms with Gasteiger partial charge in [-0.25, -0.2) is 9.29 Å². The Morgan fingerprint density at radius 3 is 2.23 bits per heavy atom. The highest BCUT2D eigenvalue weighted by atomic mass is 19.1. The average molecular weight is 299 g/mol. The summed E-state index contributed by atoms with van der Waals surface area (Å²) in [5.74, 6) is -0.815. The molecule has 1 N–H and O–H groups in total. The molecule has 0 saturated carbocycles. The Morgan fingerprint density at radius 1 is 1.00 bits per heavy atom. The number of amides is 2. The predicted octanol–water partition coefficient (Wildman–Crippen LogP) is 1.09. The molecular weight excluding hydrogens is 283 g/mol. The van der Waals surface area contributed by atoms with Crippen LogP contribution in [0.2, 0.25) is 0 Å². The van der Waals surface area contributed by atoms with Crippen molar-refractivity contribution in [2.45, 2.75) is 6.54 Å². The molecule has 0 radical (unpaired) electrons. The lowest BCUT2D eigenvalue weighted by molar-refractivity contribution is -0.901. The number of imide groups is 1. The third-order valence-electron chi connectivity index (χ3n) is 3.70. The fourth-order valence-electron chi connectivity index (χ4n) is 2.70. The van der Waals surface area contributed by atoms with Crippen molar-refractivity contribution in [1.29, 1.82) is 0 Å². The lowest BCUT2D eigenvalue weighted by atomic mass is 10.1. The standard InChI is InChI=1S/C17H15FN2O2/c1-19(10-12-5-4-6-13(18)9-12)11-20-16(21)14-7-2-3-8-15(14)17(20)22/h2-9H,10-11H2,1H3/p+1. The van der Waals surface area contributed by atoms with Gasteiger partial charge in [-0.15, -0.1) is 0 Å². The Hall–Kier alpha value is -2.53. The zero-order valence-electron chi connectivity index (χ0n) is 12.2. The van der Waals surface area contributed by atoms with Gasteiger partial charge >= 0.3 is 0 Å². The van der Waals surface area contributed by atoms with E-state index < -0.39 is 0 Å². The highest BCUT2D eigenvalue weighted by Gasteiger charge is 2.36. The van der Waals surface area contributed by atoms with E-state index in [2.05, 4.69) is 0 Å². The van der Waals surface area contributed by atoms with E-state index in [0.717, 1.165) is 10.5 Å². The second-order valence-electron chi connectivity index (χ2n) is 5.51. The topological polar surface area (TPSA) is 41.8 Å². The molecule has 4 nitrogen and oxygen atoms in total. The van der Waals surface area contributed by atoms with E-state index >= 15 is 0 Å². The van der Waals surface area contributed by atoms with Crippen molar-refractivity contribution in [3.05, 3.63) is 71.0 Å². The van der Waals surface area contributed by atoms with E-state index in [4.69, 9.17) is 0 Å². The lowest BCUT2D eigenvalue weighted by Gasteiger charge is -2.20. The Morgan fingerprint density at radius 2 is 1.64 bits per heavy atom. The molecule has 1 aliphatic heterocycles. The van der Waals surface area contributed by atoms with Gasteiger partial charge in [0.15, 0.2) is 6.67 Å². The van der Waals surface area contributed by atoms with E-state index in [1.807, 2.05) is 13.1 Å². The van der Waals surface area contributed by atoms with Crippen LogP contribution in [-0.2, 0) is 6.54 Å². The highest BCUT2D eigenvalue weighted by molar-refractivity contribution is 6.21. The number of halogens is 1. The summed E-state index contributed by atoms with van der Waals surface area (Å²) in [5, 5.41) is 0. The molecule has 2 amide bonds. The third-order valence-corrected chi connectivity index (χ3v) is 3.70. The number of nitrogens with zero attached hydrogens (tertiary/aromatic N) is 1. The minimum atomic E-state index is -0.286. The van der Waals surface area contributed by atoms with Gasteiger partial charge in [0.25, 0.3) is 11.8 Å². The lowest BCUT2D eigenvalue weighted by Crippen LogP contribution is -3.09. The van der Waals surface area contributed by atoms with Crippen LogP contribution < -0.4 is 4.90 Å². The first-order valence-electron chi connectivity index (χ1n) is 7.07. The van der Waals surface area contributed by atoms with Crippen molar-refractivity contribution < 1.29 is 18.9 Å². The number of quaternary nitrogens is 1. The van der Waals surface area contributed by atoms with Crippen molar-refractivity contribution in [2.24, 2.45) is 0 Å². The zero-order valence-corrected chi connectivity index (χ0v) is 12.2. The summed E-state index contributed by atoms with van der Waals surface area (Å²) >= 11 is 0. The third kappa shape index (κ3) is 2.63. The van der Waals surface area contributed by atoms with Crippen LogP contribution in [0.4, 0.5) is 4.39 Å². The number of fused-ring (bicyclic) bond motifs is 1. The Bertz CT molecular complexity index is 710. The summed E-state index contributed by atoms with van der Waals surface area (Å²) in [4.78, 5) is 26.7. The number of hydrogen-bond donors (Lipinski definition) is 1. The van der Waals surface area contributed by atoms with Crippen molar-refractivity contribution in [2.75, 3.05) is 13.7 Å². The summed E-state index contributed by atoms with van der Waals surface area (Å²) in [5.41, 5.74) is 1.73. The fraction of sp³-hybridized carbons (Fsp3) is 0.176. The van der Waals surface area contributed by atoms with Crippen molar-refractivity contribution in [3.63, 3.8) is 0 Å². The maximum Gasteiger partial charge on any atom is 0.265 e. The normalized spacial score (nSPS) is 15.1. The first-order valence-corrected chi connectivity index (χ1v) is 7.07. The SMILES string of the molecule is C[NH+](Cc1cccc(F)c1)CN1C(=O)c2ccccc2C1=O. The quantitative estimate of drug-likeness (QED) is 0.859. The summed E-state index contributed by atoms with van der Waals surface area (Å²) in [7, 11) is 1.87. The summed E-state index contributed by atoms with van der Waals surface area (Å²) in [6, 6.07) is 13.2. The fourth-order valence-corrected chi connectivity index (χ4v) is 2.70. The van der Waals surface area contributed by atoms with E-state index in [-0.39, 0.29) is 24.3 Å². The number of benzene rings is 2. The highest BCUT2D eigenvalue weighted by Crippen LogP contribution is 2.21. The van der Waals surface area contributed by atoms with E-state index in [1.165, 1.54) is 17.0 Å². The molecule has 1 heterocycles. The molecule has 0 spiro atoms. The second-order valence-corrected chi connectivity index (χ2v) is 5.51. The van der Waals surface area contributed by atoms with Crippen LogP contribution >= 0.6 is 0 Å². The predicted molar refractivity (Wildman–Crippen MR) is 78.8 cm³/mol. The largest absolute Gasteiger partial charge is 0.316 e. The molecule has 0 saturated heterocycles. The number of rotatable bonds is 4. The van der Waals surface area contributed by atoms with Gasteiger partial charge in [-0.3, -0.25) is 9.59 Å². The van der Waals surface area contributed by atoms with E-state index in [1.54, 1.807) is 30.3 Å². The summed E-state index contributed by atoms with van der Waals surface area (Å²) in [6.45, 7) is 0.786. The maximum absolute atomic E-state index is 13.2. The van der Waals surface area contributed by atoms with Crippen LogP contribution in [0.3, 0.4) is 0 Å². The molecule has 0 fully saturated rings. The van der Waals surface area contributed by atoms with Gasteiger partial charge in [-0.1, -0.05) is 24.3 Å². The van der Waals surface area contributed by atoms with Gasteiger partial charge in [-0.2, -0.15) is 0 Å². The van der Waals surface area contributed by atoms with Crippen LogP contribution in [-0.4, -0.2) is 30.4 Å². The molecule has 0 bridgehead atoms. The smallest absolute Gasteiger partial charge is 0.265 e. The van der Waals surface area contributed by atoms with Crippen LogP contribution in [0.25, 0.3) is 0 Å². The monoisotopic (exact) mass is 299 g/mol. The molecule has 1 aliphatic rings. The first-order chi connectivity index (χ1) is 10.6. The zero-order chi connectivity index (χ0) is 15.7. The van der Waals surface area contributed by atoms with E-state index in [0.29, 0.717) is 17.7 Å². The van der Waals surface area contributed by atoms with Gasteiger partial charge in [0.05, 0.1) is 18.2 Å². The molecule has 1 unspecified atom stereocenters. The van der Waals surface area contributed by atoms with Gasteiger partial charge in [0, 0.05) is 5.56 Å². The van der Waals surface area contributed by atoms with Gasteiger partial charge in [0.1, 0.15) is 12.4 Å². The minimum Gasteiger partial charge on any atom is -0.316 e. The van der Waals surface area contributed by atoms with E-state index in [9.17, 15) is 14.0 Å². The minimum absolute atomic E-state index is 0.253.